The van der Waals surface area contributed by atoms with Gasteiger partial charge in [-0.05, 0) is 36.9 Å². The zero-order valence-electron chi connectivity index (χ0n) is 12.1. The minimum absolute atomic E-state index is 0.260. The second kappa shape index (κ2) is 5.66. The van der Waals surface area contributed by atoms with E-state index in [1.807, 2.05) is 0 Å². The third-order valence-corrected chi connectivity index (χ3v) is 8.99. The van der Waals surface area contributed by atoms with Crippen LogP contribution in [-0.2, 0) is 9.22 Å². The van der Waals surface area contributed by atoms with Crippen molar-refractivity contribution >= 4 is 14.6 Å². The Morgan fingerprint density at radius 1 is 1.24 bits per heavy atom. The van der Waals surface area contributed by atoms with Crippen LogP contribution in [0.25, 0.3) is 0 Å². The van der Waals surface area contributed by atoms with E-state index in [2.05, 4.69) is 33.9 Å². The second-order valence-corrected chi connectivity index (χ2v) is 11.6. The highest BCUT2D eigenvalue weighted by Crippen LogP contribution is 2.40. The Kier molecular flexibility index (Phi) is 4.96. The lowest BCUT2D eigenvalue weighted by Gasteiger charge is -2.42. The zero-order chi connectivity index (χ0) is 13.1. The molecular formula is C14H28O2Si. The van der Waals surface area contributed by atoms with Gasteiger partial charge in [-0.2, -0.15) is 0 Å². The highest BCUT2D eigenvalue weighted by Gasteiger charge is 2.41. The summed E-state index contributed by atoms with van der Waals surface area (Å²) >= 11 is 0. The van der Waals surface area contributed by atoms with Crippen molar-refractivity contribution < 1.29 is 9.22 Å². The Hall–Kier alpha value is -0.153. The number of carbonyl (C=O) groups excluding carboxylic acids is 1. The lowest BCUT2D eigenvalue weighted by Crippen LogP contribution is -2.46. The van der Waals surface area contributed by atoms with E-state index in [-0.39, 0.29) is 5.04 Å². The highest BCUT2D eigenvalue weighted by atomic mass is 28.4. The van der Waals surface area contributed by atoms with Gasteiger partial charge < -0.3 is 9.22 Å². The maximum Gasteiger partial charge on any atom is 0.192 e. The molecule has 0 radical (unpaired) electrons. The average Bonchev–Trinajstić information content (AvgIpc) is 2.19. The maximum absolute atomic E-state index is 10.7. The van der Waals surface area contributed by atoms with Crippen LogP contribution in [0.1, 0.15) is 52.9 Å². The van der Waals surface area contributed by atoms with Crippen LogP contribution >= 0.6 is 0 Å². The number of rotatable bonds is 4. The van der Waals surface area contributed by atoms with Crippen LogP contribution in [0.2, 0.25) is 18.1 Å². The van der Waals surface area contributed by atoms with Crippen molar-refractivity contribution in [1.82, 2.24) is 0 Å². The summed E-state index contributed by atoms with van der Waals surface area (Å²) in [6, 6.07) is 0. The van der Waals surface area contributed by atoms with E-state index in [9.17, 15) is 4.79 Å². The summed E-state index contributed by atoms with van der Waals surface area (Å²) in [6.45, 7) is 11.4. The Morgan fingerprint density at radius 3 is 2.35 bits per heavy atom. The van der Waals surface area contributed by atoms with Gasteiger partial charge >= 0.3 is 0 Å². The minimum Gasteiger partial charge on any atom is -0.414 e. The van der Waals surface area contributed by atoms with E-state index in [0.717, 1.165) is 19.1 Å². The van der Waals surface area contributed by atoms with Crippen molar-refractivity contribution in [1.29, 1.82) is 0 Å². The molecule has 2 nitrogen and oxygen atoms in total. The fourth-order valence-electron chi connectivity index (χ4n) is 2.28. The Morgan fingerprint density at radius 2 is 1.82 bits per heavy atom. The Bertz CT molecular complexity index is 255. The molecule has 0 saturated heterocycles. The molecule has 1 fully saturated rings. The van der Waals surface area contributed by atoms with Crippen LogP contribution in [0, 0.1) is 5.92 Å². The van der Waals surface area contributed by atoms with Gasteiger partial charge in [0.2, 0.25) is 0 Å². The number of hydrogen-bond acceptors (Lipinski definition) is 2. The fraction of sp³-hybridized carbons (Fsp3) is 0.929. The normalized spacial score (nSPS) is 26.9. The first-order valence-corrected chi connectivity index (χ1v) is 9.80. The van der Waals surface area contributed by atoms with E-state index in [1.54, 1.807) is 0 Å². The summed E-state index contributed by atoms with van der Waals surface area (Å²) in [4.78, 5) is 10.7. The largest absolute Gasteiger partial charge is 0.414 e. The van der Waals surface area contributed by atoms with Gasteiger partial charge in [-0.3, -0.25) is 0 Å². The molecule has 0 bridgehead atoms. The molecule has 0 aliphatic heterocycles. The van der Waals surface area contributed by atoms with E-state index in [0.29, 0.717) is 18.4 Å². The van der Waals surface area contributed by atoms with Gasteiger partial charge in [0.15, 0.2) is 8.32 Å². The summed E-state index contributed by atoms with van der Waals surface area (Å²) < 4.78 is 6.49. The summed E-state index contributed by atoms with van der Waals surface area (Å²) in [5, 5.41) is 0.260. The SMILES string of the molecule is CC(C)(C)[Si](C)(C)O[C@@H]1CCCC[C@@H]1CC=O. The monoisotopic (exact) mass is 256 g/mol. The fourth-order valence-corrected chi connectivity index (χ4v) is 3.70. The molecule has 0 amide bonds. The van der Waals surface area contributed by atoms with Gasteiger partial charge in [0, 0.05) is 12.5 Å². The van der Waals surface area contributed by atoms with Crippen LogP contribution in [-0.4, -0.2) is 20.7 Å². The molecule has 0 aromatic heterocycles. The maximum atomic E-state index is 10.7. The lowest BCUT2D eigenvalue weighted by molar-refractivity contribution is -0.109. The van der Waals surface area contributed by atoms with Gasteiger partial charge in [-0.1, -0.05) is 33.6 Å². The van der Waals surface area contributed by atoms with Gasteiger partial charge in [0.05, 0.1) is 0 Å². The van der Waals surface area contributed by atoms with Gasteiger partial charge in [0.25, 0.3) is 0 Å². The van der Waals surface area contributed by atoms with Crippen molar-refractivity contribution in [2.24, 2.45) is 5.92 Å². The number of carbonyl (C=O) groups is 1. The summed E-state index contributed by atoms with van der Waals surface area (Å²) in [7, 11) is -1.68. The predicted molar refractivity (Wildman–Crippen MR) is 74.7 cm³/mol. The Labute approximate surface area is 107 Å². The van der Waals surface area contributed by atoms with Crippen molar-refractivity contribution in [3.05, 3.63) is 0 Å². The van der Waals surface area contributed by atoms with Gasteiger partial charge in [-0.15, -0.1) is 0 Å². The lowest BCUT2D eigenvalue weighted by atomic mass is 9.85. The van der Waals surface area contributed by atoms with Crippen LogP contribution in [0.5, 0.6) is 0 Å². The third-order valence-electron chi connectivity index (χ3n) is 4.49. The minimum atomic E-state index is -1.68. The molecule has 0 unspecified atom stereocenters. The van der Waals surface area contributed by atoms with Gasteiger partial charge in [-0.25, -0.2) is 0 Å². The molecule has 0 aromatic rings. The zero-order valence-corrected chi connectivity index (χ0v) is 13.1. The molecule has 2 atom stereocenters. The molecule has 1 saturated carbocycles. The first-order chi connectivity index (χ1) is 7.78. The summed E-state index contributed by atoms with van der Waals surface area (Å²) in [5.41, 5.74) is 0. The third kappa shape index (κ3) is 3.92. The molecule has 3 heteroatoms. The van der Waals surface area contributed by atoms with Crippen LogP contribution in [0.15, 0.2) is 0 Å². The van der Waals surface area contributed by atoms with Crippen molar-refractivity contribution in [2.75, 3.05) is 0 Å². The highest BCUT2D eigenvalue weighted by molar-refractivity contribution is 6.74. The molecular weight excluding hydrogens is 228 g/mol. The topological polar surface area (TPSA) is 26.3 Å². The summed E-state index contributed by atoms with van der Waals surface area (Å²) in [5.74, 6) is 0.468. The molecule has 0 heterocycles. The van der Waals surface area contributed by atoms with E-state index in [4.69, 9.17) is 4.43 Å². The molecule has 1 aliphatic carbocycles. The average molecular weight is 256 g/mol. The second-order valence-electron chi connectivity index (χ2n) is 6.86. The van der Waals surface area contributed by atoms with Crippen LogP contribution < -0.4 is 0 Å². The van der Waals surface area contributed by atoms with Crippen LogP contribution in [0.4, 0.5) is 0 Å². The first kappa shape index (κ1) is 14.9. The standard InChI is InChI=1S/C14H28O2Si/c1-14(2,3)17(4,5)16-13-9-7-6-8-12(13)10-11-15/h11-13H,6-10H2,1-5H3/t12-,13-/m1/s1. The molecule has 0 aromatic carbocycles. The number of aldehydes is 1. The molecule has 1 aliphatic rings. The van der Waals surface area contributed by atoms with Gasteiger partial charge in [0.1, 0.15) is 6.29 Å². The molecule has 0 spiro atoms. The molecule has 17 heavy (non-hydrogen) atoms. The predicted octanol–water partition coefficient (Wildman–Crippen LogP) is 4.16. The van der Waals surface area contributed by atoms with Crippen LogP contribution in [0.3, 0.4) is 0 Å². The summed E-state index contributed by atoms with van der Waals surface area (Å²) in [6.07, 6.45) is 6.90. The van der Waals surface area contributed by atoms with Crippen molar-refractivity contribution in [2.45, 2.75) is 77.1 Å². The van der Waals surface area contributed by atoms with E-state index in [1.165, 1.54) is 12.8 Å². The van der Waals surface area contributed by atoms with Crippen molar-refractivity contribution in [3.63, 3.8) is 0 Å². The van der Waals surface area contributed by atoms with E-state index < -0.39 is 8.32 Å². The van der Waals surface area contributed by atoms with Crippen molar-refractivity contribution in [3.8, 4) is 0 Å². The van der Waals surface area contributed by atoms with E-state index >= 15 is 0 Å². The molecule has 0 N–H and O–H groups in total. The number of hydrogen-bond donors (Lipinski definition) is 0. The quantitative estimate of drug-likeness (QED) is 0.558. The first-order valence-electron chi connectivity index (χ1n) is 6.89. The molecule has 100 valence electrons. The smallest absolute Gasteiger partial charge is 0.192 e. The Balaban J connectivity index is 2.67. The molecule has 1 rings (SSSR count).